The zero-order chi connectivity index (χ0) is 14.9. The predicted octanol–water partition coefficient (Wildman–Crippen LogP) is 1.49. The van der Waals surface area contributed by atoms with Crippen LogP contribution < -0.4 is 0 Å². The van der Waals surface area contributed by atoms with Crippen LogP contribution in [0.25, 0.3) is 0 Å². The average Bonchev–Trinajstić information content (AvgIpc) is 3.05. The van der Waals surface area contributed by atoms with E-state index in [1.54, 1.807) is 19.0 Å². The van der Waals surface area contributed by atoms with Gasteiger partial charge in [-0.1, -0.05) is 13.8 Å². The topological polar surface area (TPSA) is 66.7 Å². The highest BCUT2D eigenvalue weighted by Crippen LogP contribution is 2.25. The maximum Gasteiger partial charge on any atom is 0.276 e. The standard InChI is InChI=1S/C14H21N3O3/c1-9(2)12-11(15-8-20-12)14(19)17-7-5-6-10(17)13(18)16(3)4/h8-10H,5-7H2,1-4H3/t10-/m1/s1. The van der Waals surface area contributed by atoms with Crippen molar-refractivity contribution >= 4 is 11.8 Å². The van der Waals surface area contributed by atoms with Gasteiger partial charge in [-0.25, -0.2) is 4.98 Å². The molecule has 6 heteroatoms. The minimum absolute atomic E-state index is 0.0366. The van der Waals surface area contributed by atoms with Crippen LogP contribution in [0.1, 0.15) is 48.9 Å². The zero-order valence-corrected chi connectivity index (χ0v) is 12.4. The Morgan fingerprint density at radius 1 is 1.45 bits per heavy atom. The van der Waals surface area contributed by atoms with Crippen LogP contribution in [0.4, 0.5) is 0 Å². The minimum atomic E-state index is -0.380. The molecule has 1 aliphatic heterocycles. The molecule has 2 rings (SSSR count). The number of aromatic nitrogens is 1. The quantitative estimate of drug-likeness (QED) is 0.840. The van der Waals surface area contributed by atoms with Gasteiger partial charge < -0.3 is 14.2 Å². The Bertz CT molecular complexity index is 508. The van der Waals surface area contributed by atoms with Crippen LogP contribution in [-0.2, 0) is 4.79 Å². The Kier molecular flexibility index (Phi) is 4.11. The smallest absolute Gasteiger partial charge is 0.276 e. The number of oxazole rings is 1. The van der Waals surface area contributed by atoms with Gasteiger partial charge in [0.2, 0.25) is 5.91 Å². The molecule has 2 amide bonds. The first kappa shape index (κ1) is 14.6. The zero-order valence-electron chi connectivity index (χ0n) is 12.4. The fourth-order valence-electron chi connectivity index (χ4n) is 2.53. The maximum absolute atomic E-state index is 12.6. The molecule has 0 N–H and O–H groups in total. The van der Waals surface area contributed by atoms with Crippen molar-refractivity contribution in [3.63, 3.8) is 0 Å². The fraction of sp³-hybridized carbons (Fsp3) is 0.643. The number of rotatable bonds is 3. The second-order valence-corrected chi connectivity index (χ2v) is 5.61. The molecule has 6 nitrogen and oxygen atoms in total. The van der Waals surface area contributed by atoms with Gasteiger partial charge in [-0.15, -0.1) is 0 Å². The summed E-state index contributed by atoms with van der Waals surface area (Å²) in [7, 11) is 3.41. The summed E-state index contributed by atoms with van der Waals surface area (Å²) in [5.74, 6) is 0.422. The van der Waals surface area contributed by atoms with E-state index in [1.165, 1.54) is 11.3 Å². The number of carbonyl (C=O) groups is 2. The van der Waals surface area contributed by atoms with Crippen LogP contribution in [0.3, 0.4) is 0 Å². The number of hydrogen-bond acceptors (Lipinski definition) is 4. The van der Waals surface area contributed by atoms with Gasteiger partial charge in [0, 0.05) is 26.6 Å². The van der Waals surface area contributed by atoms with Crippen molar-refractivity contribution in [2.24, 2.45) is 0 Å². The Hall–Kier alpha value is -1.85. The molecule has 1 aromatic heterocycles. The Morgan fingerprint density at radius 2 is 2.15 bits per heavy atom. The normalized spacial score (nSPS) is 18.6. The summed E-state index contributed by atoms with van der Waals surface area (Å²) in [6, 6.07) is -0.380. The molecule has 0 bridgehead atoms. The molecule has 0 radical (unpaired) electrons. The lowest BCUT2D eigenvalue weighted by atomic mass is 10.1. The molecule has 0 aromatic carbocycles. The monoisotopic (exact) mass is 279 g/mol. The SMILES string of the molecule is CC(C)c1ocnc1C(=O)N1CCC[C@@H]1C(=O)N(C)C. The predicted molar refractivity (Wildman–Crippen MR) is 73.3 cm³/mol. The number of hydrogen-bond donors (Lipinski definition) is 0. The summed E-state index contributed by atoms with van der Waals surface area (Å²) < 4.78 is 5.30. The molecular weight excluding hydrogens is 258 g/mol. The molecule has 1 atom stereocenters. The number of likely N-dealkylation sites (tertiary alicyclic amines) is 1. The van der Waals surface area contributed by atoms with Crippen LogP contribution >= 0.6 is 0 Å². The maximum atomic E-state index is 12.6. The first-order chi connectivity index (χ1) is 9.43. The van der Waals surface area contributed by atoms with Gasteiger partial charge in [0.05, 0.1) is 0 Å². The molecule has 0 spiro atoms. The highest BCUT2D eigenvalue weighted by atomic mass is 16.3. The summed E-state index contributed by atoms with van der Waals surface area (Å²) in [6.45, 7) is 4.49. The summed E-state index contributed by atoms with van der Waals surface area (Å²) in [5.41, 5.74) is 0.332. The van der Waals surface area contributed by atoms with E-state index >= 15 is 0 Å². The van der Waals surface area contributed by atoms with E-state index in [9.17, 15) is 9.59 Å². The first-order valence-electron chi connectivity index (χ1n) is 6.89. The highest BCUT2D eigenvalue weighted by molar-refractivity contribution is 5.97. The van der Waals surface area contributed by atoms with Crippen molar-refractivity contribution in [2.75, 3.05) is 20.6 Å². The highest BCUT2D eigenvalue weighted by Gasteiger charge is 2.37. The van der Waals surface area contributed by atoms with E-state index in [0.717, 1.165) is 6.42 Å². The summed E-state index contributed by atoms with van der Waals surface area (Å²) in [6.07, 6.45) is 2.84. The molecule has 1 aliphatic rings. The average molecular weight is 279 g/mol. The van der Waals surface area contributed by atoms with E-state index in [1.807, 2.05) is 13.8 Å². The molecule has 20 heavy (non-hydrogen) atoms. The van der Waals surface area contributed by atoms with Crippen LogP contribution in [0, 0.1) is 0 Å². The third-order valence-electron chi connectivity index (χ3n) is 3.56. The number of carbonyl (C=O) groups excluding carboxylic acids is 2. The molecule has 1 aromatic rings. The molecule has 2 heterocycles. The van der Waals surface area contributed by atoms with Crippen molar-refractivity contribution < 1.29 is 14.0 Å². The lowest BCUT2D eigenvalue weighted by Crippen LogP contribution is -2.45. The number of nitrogens with zero attached hydrogens (tertiary/aromatic N) is 3. The third-order valence-corrected chi connectivity index (χ3v) is 3.56. The molecular formula is C14H21N3O3. The Labute approximate surface area is 118 Å². The minimum Gasteiger partial charge on any atom is -0.447 e. The van der Waals surface area contributed by atoms with Crippen LogP contribution in [0.2, 0.25) is 0 Å². The van der Waals surface area contributed by atoms with Crippen LogP contribution in [-0.4, -0.2) is 53.3 Å². The first-order valence-corrected chi connectivity index (χ1v) is 6.89. The van der Waals surface area contributed by atoms with Crippen LogP contribution in [0.15, 0.2) is 10.8 Å². The number of likely N-dealkylation sites (N-methyl/N-ethyl adjacent to an activating group) is 1. The molecule has 0 saturated carbocycles. The lowest BCUT2D eigenvalue weighted by Gasteiger charge is -2.25. The summed E-state index contributed by atoms with van der Waals surface area (Å²) in [4.78, 5) is 31.9. The molecule has 1 fully saturated rings. The van der Waals surface area contributed by atoms with Gasteiger partial charge in [-0.05, 0) is 12.8 Å². The van der Waals surface area contributed by atoms with E-state index in [4.69, 9.17) is 4.42 Å². The van der Waals surface area contributed by atoms with Gasteiger partial charge in [-0.3, -0.25) is 9.59 Å². The van der Waals surface area contributed by atoms with E-state index in [-0.39, 0.29) is 23.8 Å². The van der Waals surface area contributed by atoms with Crippen molar-refractivity contribution in [1.82, 2.24) is 14.8 Å². The van der Waals surface area contributed by atoms with Crippen LogP contribution in [0.5, 0.6) is 0 Å². The lowest BCUT2D eigenvalue weighted by molar-refractivity contribution is -0.132. The number of amides is 2. The Balaban J connectivity index is 2.24. The van der Waals surface area contributed by atoms with Crippen molar-refractivity contribution in [3.05, 3.63) is 17.8 Å². The summed E-state index contributed by atoms with van der Waals surface area (Å²) in [5, 5.41) is 0. The third kappa shape index (κ3) is 2.55. The van der Waals surface area contributed by atoms with Gasteiger partial charge in [0.1, 0.15) is 11.8 Å². The van der Waals surface area contributed by atoms with Crippen molar-refractivity contribution in [1.29, 1.82) is 0 Å². The van der Waals surface area contributed by atoms with Gasteiger partial charge in [0.25, 0.3) is 5.91 Å². The van der Waals surface area contributed by atoms with Gasteiger partial charge in [0.15, 0.2) is 12.1 Å². The molecule has 110 valence electrons. The Morgan fingerprint density at radius 3 is 2.75 bits per heavy atom. The summed E-state index contributed by atoms with van der Waals surface area (Å²) >= 11 is 0. The largest absolute Gasteiger partial charge is 0.447 e. The molecule has 0 aliphatic carbocycles. The van der Waals surface area contributed by atoms with Crippen molar-refractivity contribution in [2.45, 2.75) is 38.6 Å². The van der Waals surface area contributed by atoms with Crippen molar-refractivity contribution in [3.8, 4) is 0 Å². The van der Waals surface area contributed by atoms with E-state index in [2.05, 4.69) is 4.98 Å². The molecule has 1 saturated heterocycles. The van der Waals surface area contributed by atoms with Gasteiger partial charge >= 0.3 is 0 Å². The second-order valence-electron chi connectivity index (χ2n) is 5.61. The van der Waals surface area contributed by atoms with E-state index < -0.39 is 0 Å². The fourth-order valence-corrected chi connectivity index (χ4v) is 2.53. The van der Waals surface area contributed by atoms with E-state index in [0.29, 0.717) is 24.4 Å². The second kappa shape index (κ2) is 5.64. The molecule has 0 unspecified atom stereocenters. The van der Waals surface area contributed by atoms with Gasteiger partial charge in [-0.2, -0.15) is 0 Å².